The maximum atomic E-state index is 5.51. The molecule has 1 N–H and O–H groups in total. The molecule has 2 rings (SSSR count). The number of ether oxygens (including phenoxy) is 2. The summed E-state index contributed by atoms with van der Waals surface area (Å²) in [4.78, 5) is 0. The van der Waals surface area contributed by atoms with Gasteiger partial charge in [0, 0.05) is 11.1 Å². The number of hydrogen-bond acceptors (Lipinski definition) is 3. The average Bonchev–Trinajstić information content (AvgIpc) is 2.64. The second-order valence-corrected chi connectivity index (χ2v) is 5.14. The minimum Gasteiger partial charge on any atom is -0.497 e. The lowest BCUT2D eigenvalue weighted by Gasteiger charge is -2.31. The van der Waals surface area contributed by atoms with E-state index in [0.29, 0.717) is 0 Å². The van der Waals surface area contributed by atoms with Crippen molar-refractivity contribution in [3.8, 4) is 11.5 Å². The normalized spacial score (nSPS) is 24.4. The van der Waals surface area contributed by atoms with E-state index < -0.39 is 0 Å². The Morgan fingerprint density at radius 1 is 1.11 bits per heavy atom. The summed E-state index contributed by atoms with van der Waals surface area (Å²) in [5.41, 5.74) is 1.18. The molecule has 0 radical (unpaired) electrons. The summed E-state index contributed by atoms with van der Waals surface area (Å²) in [7, 11) is 3.43. The third-order valence-electron chi connectivity index (χ3n) is 3.87. The molecule has 0 aromatic heterocycles. The van der Waals surface area contributed by atoms with E-state index in [2.05, 4.69) is 18.3 Å². The first-order valence-corrected chi connectivity index (χ1v) is 6.67. The Morgan fingerprint density at radius 2 is 1.94 bits per heavy atom. The van der Waals surface area contributed by atoms with Crippen molar-refractivity contribution in [3.05, 3.63) is 23.8 Å². The summed E-state index contributed by atoms with van der Waals surface area (Å²) in [5.74, 6) is 1.82. The second kappa shape index (κ2) is 5.61. The Kier molecular flexibility index (Phi) is 4.12. The Bertz CT molecular complexity index is 395. The molecule has 1 unspecified atom stereocenters. The van der Waals surface area contributed by atoms with Crippen LogP contribution in [0.4, 0.5) is 0 Å². The zero-order chi connectivity index (χ0) is 13.0. The van der Waals surface area contributed by atoms with E-state index in [1.807, 2.05) is 12.1 Å². The van der Waals surface area contributed by atoms with Gasteiger partial charge in [0.25, 0.3) is 0 Å². The fourth-order valence-electron chi connectivity index (χ4n) is 2.71. The lowest BCUT2D eigenvalue weighted by atomic mass is 9.86. The summed E-state index contributed by atoms with van der Waals surface area (Å²) in [6, 6.07) is 6.03. The van der Waals surface area contributed by atoms with Crippen molar-refractivity contribution in [1.29, 1.82) is 0 Å². The minimum atomic E-state index is -0.0175. The van der Waals surface area contributed by atoms with Crippen LogP contribution in [0.3, 0.4) is 0 Å². The topological polar surface area (TPSA) is 30.5 Å². The maximum Gasteiger partial charge on any atom is 0.124 e. The highest BCUT2D eigenvalue weighted by Gasteiger charge is 2.30. The highest BCUT2D eigenvalue weighted by Crippen LogP contribution is 2.37. The predicted octanol–water partition coefficient (Wildman–Crippen LogP) is 3.08. The highest BCUT2D eigenvalue weighted by molar-refractivity contribution is 5.44. The molecule has 0 saturated carbocycles. The Labute approximate surface area is 109 Å². The fraction of sp³-hybridized carbons (Fsp3) is 0.600. The maximum absolute atomic E-state index is 5.51. The van der Waals surface area contributed by atoms with Gasteiger partial charge in [-0.15, -0.1) is 0 Å². The van der Waals surface area contributed by atoms with Crippen LogP contribution in [0.2, 0.25) is 0 Å². The average molecular weight is 249 g/mol. The van der Waals surface area contributed by atoms with Gasteiger partial charge in [0.15, 0.2) is 0 Å². The van der Waals surface area contributed by atoms with E-state index >= 15 is 0 Å². The predicted molar refractivity (Wildman–Crippen MR) is 73.4 cm³/mol. The molecule has 0 bridgehead atoms. The molecule has 1 aromatic rings. The van der Waals surface area contributed by atoms with Crippen molar-refractivity contribution in [2.24, 2.45) is 0 Å². The summed E-state index contributed by atoms with van der Waals surface area (Å²) in [6.07, 6.45) is 4.94. The first-order chi connectivity index (χ1) is 8.69. The van der Waals surface area contributed by atoms with Crippen LogP contribution in [0, 0.1) is 0 Å². The first kappa shape index (κ1) is 13.2. The monoisotopic (exact) mass is 249 g/mol. The molecule has 0 spiro atoms. The number of benzene rings is 1. The molecule has 1 atom stereocenters. The molecule has 100 valence electrons. The van der Waals surface area contributed by atoms with Crippen LogP contribution in [0.25, 0.3) is 0 Å². The van der Waals surface area contributed by atoms with Crippen LogP contribution in [0.5, 0.6) is 11.5 Å². The molecule has 1 saturated heterocycles. The Balaban J connectivity index is 2.39. The number of methoxy groups -OCH3 is 2. The number of rotatable bonds is 3. The van der Waals surface area contributed by atoms with Crippen molar-refractivity contribution in [2.75, 3.05) is 20.8 Å². The van der Waals surface area contributed by atoms with Crippen molar-refractivity contribution in [3.63, 3.8) is 0 Å². The molecule has 3 nitrogen and oxygen atoms in total. The van der Waals surface area contributed by atoms with Crippen molar-refractivity contribution < 1.29 is 9.47 Å². The number of hydrogen-bond donors (Lipinski definition) is 1. The van der Waals surface area contributed by atoms with Gasteiger partial charge in [-0.1, -0.05) is 12.8 Å². The van der Waals surface area contributed by atoms with Gasteiger partial charge in [-0.05, 0) is 44.5 Å². The molecule has 1 aliphatic rings. The SMILES string of the molecule is COc1ccc(OC)c(C2(C)CCCCCN2)c1. The second-order valence-electron chi connectivity index (χ2n) is 5.14. The lowest BCUT2D eigenvalue weighted by molar-refractivity contribution is 0.328. The van der Waals surface area contributed by atoms with Crippen molar-refractivity contribution in [2.45, 2.75) is 38.1 Å². The van der Waals surface area contributed by atoms with Gasteiger partial charge >= 0.3 is 0 Å². The smallest absolute Gasteiger partial charge is 0.124 e. The molecule has 1 fully saturated rings. The molecule has 1 heterocycles. The van der Waals surface area contributed by atoms with E-state index in [0.717, 1.165) is 24.5 Å². The van der Waals surface area contributed by atoms with Crippen LogP contribution in [-0.2, 0) is 5.54 Å². The van der Waals surface area contributed by atoms with Crippen molar-refractivity contribution in [1.82, 2.24) is 5.32 Å². The summed E-state index contributed by atoms with van der Waals surface area (Å²) >= 11 is 0. The Morgan fingerprint density at radius 3 is 2.67 bits per heavy atom. The number of nitrogens with one attached hydrogen (secondary N) is 1. The van der Waals surface area contributed by atoms with E-state index in [9.17, 15) is 0 Å². The molecule has 18 heavy (non-hydrogen) atoms. The van der Waals surface area contributed by atoms with Gasteiger partial charge in [0.05, 0.1) is 14.2 Å². The quantitative estimate of drug-likeness (QED) is 0.893. The molecule has 0 amide bonds. The largest absolute Gasteiger partial charge is 0.497 e. The van der Waals surface area contributed by atoms with Crippen LogP contribution >= 0.6 is 0 Å². The van der Waals surface area contributed by atoms with E-state index in [4.69, 9.17) is 9.47 Å². The summed E-state index contributed by atoms with van der Waals surface area (Å²) in [6.45, 7) is 3.33. The third kappa shape index (κ3) is 2.61. The first-order valence-electron chi connectivity index (χ1n) is 6.67. The van der Waals surface area contributed by atoms with Crippen LogP contribution in [-0.4, -0.2) is 20.8 Å². The van der Waals surface area contributed by atoms with Crippen molar-refractivity contribution >= 4 is 0 Å². The van der Waals surface area contributed by atoms with Gasteiger partial charge in [-0.25, -0.2) is 0 Å². The molecular formula is C15H23NO2. The van der Waals surface area contributed by atoms with Gasteiger partial charge in [0.1, 0.15) is 11.5 Å². The van der Waals surface area contributed by atoms with Gasteiger partial charge in [-0.3, -0.25) is 0 Å². The van der Waals surface area contributed by atoms with E-state index in [1.54, 1.807) is 14.2 Å². The molecule has 0 aliphatic carbocycles. The van der Waals surface area contributed by atoms with Crippen LogP contribution in [0.15, 0.2) is 18.2 Å². The van der Waals surface area contributed by atoms with Gasteiger partial charge < -0.3 is 14.8 Å². The minimum absolute atomic E-state index is 0.0175. The zero-order valence-electron chi connectivity index (χ0n) is 11.6. The van der Waals surface area contributed by atoms with Crippen LogP contribution < -0.4 is 14.8 Å². The van der Waals surface area contributed by atoms with E-state index in [1.165, 1.54) is 24.8 Å². The van der Waals surface area contributed by atoms with Crippen LogP contribution in [0.1, 0.15) is 38.2 Å². The lowest BCUT2D eigenvalue weighted by Crippen LogP contribution is -2.39. The molecule has 1 aliphatic heterocycles. The zero-order valence-corrected chi connectivity index (χ0v) is 11.6. The van der Waals surface area contributed by atoms with E-state index in [-0.39, 0.29) is 5.54 Å². The summed E-state index contributed by atoms with van der Waals surface area (Å²) < 4.78 is 10.8. The molecule has 3 heteroatoms. The third-order valence-corrected chi connectivity index (χ3v) is 3.87. The highest BCUT2D eigenvalue weighted by atomic mass is 16.5. The van der Waals surface area contributed by atoms with Gasteiger partial charge in [-0.2, -0.15) is 0 Å². The fourth-order valence-corrected chi connectivity index (χ4v) is 2.71. The summed E-state index contributed by atoms with van der Waals surface area (Å²) in [5, 5.41) is 3.66. The standard InChI is InChI=1S/C15H23NO2/c1-15(9-5-4-6-10-16-15)13-11-12(17-2)7-8-14(13)18-3/h7-8,11,16H,4-6,9-10H2,1-3H3. The molecule has 1 aromatic carbocycles. The van der Waals surface area contributed by atoms with Gasteiger partial charge in [0.2, 0.25) is 0 Å². The Hall–Kier alpha value is -1.22. The molecular weight excluding hydrogens is 226 g/mol.